The van der Waals surface area contributed by atoms with Gasteiger partial charge in [0, 0.05) is 0 Å². The van der Waals surface area contributed by atoms with Crippen LogP contribution in [0.4, 0.5) is 4.79 Å². The van der Waals surface area contributed by atoms with E-state index in [1.54, 1.807) is 5.32 Å². The van der Waals surface area contributed by atoms with Gasteiger partial charge in [0.05, 0.1) is 10.5 Å². The first-order chi connectivity index (χ1) is 9.16. The number of sulfone groups is 1. The number of hydrogen-bond donors (Lipinski definition) is 3. The van der Waals surface area contributed by atoms with Crippen molar-refractivity contribution in [1.82, 2.24) is 5.32 Å². The van der Waals surface area contributed by atoms with Crippen molar-refractivity contribution in [1.29, 1.82) is 0 Å². The minimum absolute atomic E-state index is 0.0850. The highest BCUT2D eigenvalue weighted by Crippen LogP contribution is 2.17. The summed E-state index contributed by atoms with van der Waals surface area (Å²) in [6, 6.07) is 3.21. The van der Waals surface area contributed by atoms with Gasteiger partial charge in [-0.15, -0.1) is 0 Å². The number of rotatable bonds is 4. The molecule has 0 radical (unpaired) electrons. The molecule has 0 aliphatic carbocycles. The fraction of sp³-hybridized carbons (Fsp3) is 0.182. The lowest BCUT2D eigenvalue weighted by Gasteiger charge is -2.11. The second-order valence-corrected chi connectivity index (χ2v) is 6.14. The number of hydrogen-bond acceptors (Lipinski definition) is 5. The van der Waals surface area contributed by atoms with Crippen LogP contribution >= 0.6 is 0 Å². The predicted octanol–water partition coefficient (Wildman–Crippen LogP) is -0.258. The van der Waals surface area contributed by atoms with E-state index in [0.29, 0.717) is 0 Å². The summed E-state index contributed by atoms with van der Waals surface area (Å²) >= 11 is 0. The van der Waals surface area contributed by atoms with Crippen LogP contribution in [0.2, 0.25) is 0 Å². The lowest BCUT2D eigenvalue weighted by molar-refractivity contribution is -0.119. The summed E-state index contributed by atoms with van der Waals surface area (Å²) in [7, 11) is -4.04. The Morgan fingerprint density at radius 3 is 2.10 bits per heavy atom. The zero-order chi connectivity index (χ0) is 15.5. The van der Waals surface area contributed by atoms with Crippen LogP contribution < -0.4 is 11.1 Å². The van der Waals surface area contributed by atoms with E-state index in [1.165, 1.54) is 0 Å². The highest BCUT2D eigenvalue weighted by molar-refractivity contribution is 7.92. The van der Waals surface area contributed by atoms with Crippen LogP contribution in [0.15, 0.2) is 29.2 Å². The molecule has 0 saturated carbocycles. The molecular weight excluding hydrogens is 288 g/mol. The second-order valence-electron chi connectivity index (χ2n) is 3.87. The van der Waals surface area contributed by atoms with E-state index in [2.05, 4.69) is 0 Å². The molecule has 3 amide bonds. The van der Waals surface area contributed by atoms with Crippen LogP contribution in [0.1, 0.15) is 17.3 Å². The van der Waals surface area contributed by atoms with E-state index in [1.807, 2.05) is 0 Å². The zero-order valence-electron chi connectivity index (χ0n) is 10.4. The van der Waals surface area contributed by atoms with E-state index in [0.717, 1.165) is 31.2 Å². The fourth-order valence-corrected chi connectivity index (χ4v) is 2.62. The number of aromatic carboxylic acids is 1. The summed E-state index contributed by atoms with van der Waals surface area (Å²) < 4.78 is 24.2. The number of carboxylic acid groups (broad SMARTS) is 1. The number of carbonyl (C=O) groups is 3. The lowest BCUT2D eigenvalue weighted by Crippen LogP contribution is -2.43. The number of carbonyl (C=O) groups excluding carboxylic acids is 2. The summed E-state index contributed by atoms with van der Waals surface area (Å²) in [6.45, 7) is 1.10. The Kier molecular flexibility index (Phi) is 4.45. The number of urea groups is 1. The van der Waals surface area contributed by atoms with Crippen LogP contribution in [0, 0.1) is 0 Å². The monoisotopic (exact) mass is 300 g/mol. The van der Waals surface area contributed by atoms with Gasteiger partial charge in [0.15, 0.2) is 9.84 Å². The minimum Gasteiger partial charge on any atom is -0.478 e. The number of primary amides is 1. The lowest BCUT2D eigenvalue weighted by atomic mass is 10.2. The van der Waals surface area contributed by atoms with Crippen LogP contribution in [0.25, 0.3) is 0 Å². The van der Waals surface area contributed by atoms with E-state index in [4.69, 9.17) is 10.8 Å². The third-order valence-corrected chi connectivity index (χ3v) is 4.59. The van der Waals surface area contributed by atoms with Gasteiger partial charge in [0.2, 0.25) is 5.91 Å². The van der Waals surface area contributed by atoms with Gasteiger partial charge >= 0.3 is 12.0 Å². The van der Waals surface area contributed by atoms with Crippen molar-refractivity contribution in [3.05, 3.63) is 29.8 Å². The van der Waals surface area contributed by atoms with Gasteiger partial charge in [0.1, 0.15) is 5.25 Å². The highest BCUT2D eigenvalue weighted by atomic mass is 32.2. The first kappa shape index (κ1) is 15.6. The maximum atomic E-state index is 12.1. The average Bonchev–Trinajstić information content (AvgIpc) is 2.37. The molecule has 1 unspecified atom stereocenters. The van der Waals surface area contributed by atoms with Crippen LogP contribution in [-0.2, 0) is 14.6 Å². The molecule has 4 N–H and O–H groups in total. The largest absolute Gasteiger partial charge is 0.478 e. The number of nitrogens with one attached hydrogen (secondary N) is 1. The summed E-state index contributed by atoms with van der Waals surface area (Å²) in [4.78, 5) is 32.4. The van der Waals surface area contributed by atoms with Crippen LogP contribution in [0.5, 0.6) is 0 Å². The number of carboxylic acids is 1. The highest BCUT2D eigenvalue weighted by Gasteiger charge is 2.30. The number of benzene rings is 1. The predicted molar refractivity (Wildman–Crippen MR) is 67.8 cm³/mol. The van der Waals surface area contributed by atoms with Crippen molar-refractivity contribution in [2.45, 2.75) is 17.1 Å². The number of nitrogens with two attached hydrogens (primary N) is 1. The maximum absolute atomic E-state index is 12.1. The number of amides is 3. The molecule has 108 valence electrons. The normalized spacial score (nSPS) is 12.4. The Balaban J connectivity index is 3.07. The molecule has 0 saturated heterocycles. The van der Waals surface area contributed by atoms with Crippen molar-refractivity contribution < 1.29 is 27.9 Å². The van der Waals surface area contributed by atoms with Gasteiger partial charge in [-0.05, 0) is 31.2 Å². The molecule has 8 nitrogen and oxygen atoms in total. The van der Waals surface area contributed by atoms with Gasteiger partial charge in [-0.25, -0.2) is 18.0 Å². The van der Waals surface area contributed by atoms with Crippen LogP contribution in [-0.4, -0.2) is 36.7 Å². The molecule has 0 spiro atoms. The van der Waals surface area contributed by atoms with E-state index in [9.17, 15) is 22.8 Å². The molecule has 0 aliphatic rings. The maximum Gasteiger partial charge on any atom is 0.335 e. The van der Waals surface area contributed by atoms with Crippen molar-refractivity contribution in [2.75, 3.05) is 0 Å². The molecule has 0 aliphatic heterocycles. The number of imide groups is 1. The fourth-order valence-electron chi connectivity index (χ4n) is 1.36. The third kappa shape index (κ3) is 3.32. The topological polar surface area (TPSA) is 144 Å². The average molecular weight is 300 g/mol. The molecule has 0 fully saturated rings. The SMILES string of the molecule is CC(C(=O)NC(N)=O)S(=O)(=O)c1ccc(C(=O)O)cc1. The van der Waals surface area contributed by atoms with Crippen molar-refractivity contribution in [2.24, 2.45) is 5.73 Å². The van der Waals surface area contributed by atoms with Crippen molar-refractivity contribution in [3.63, 3.8) is 0 Å². The summed E-state index contributed by atoms with van der Waals surface area (Å²) in [5.74, 6) is -2.26. The van der Waals surface area contributed by atoms with Crippen molar-refractivity contribution >= 4 is 27.7 Å². The zero-order valence-corrected chi connectivity index (χ0v) is 11.2. The molecule has 1 aromatic carbocycles. The Morgan fingerprint density at radius 1 is 1.20 bits per heavy atom. The van der Waals surface area contributed by atoms with E-state index >= 15 is 0 Å². The molecule has 9 heteroatoms. The Hall–Kier alpha value is -2.42. The molecule has 1 aromatic rings. The quantitative estimate of drug-likeness (QED) is 0.699. The summed E-state index contributed by atoms with van der Waals surface area (Å²) in [5.41, 5.74) is 4.65. The molecule has 1 atom stereocenters. The Morgan fingerprint density at radius 2 is 1.70 bits per heavy atom. The van der Waals surface area contributed by atoms with E-state index in [-0.39, 0.29) is 10.5 Å². The Labute approximate surface area is 114 Å². The molecule has 0 aromatic heterocycles. The van der Waals surface area contributed by atoms with Gasteiger partial charge in [-0.3, -0.25) is 10.1 Å². The third-order valence-electron chi connectivity index (χ3n) is 2.51. The van der Waals surface area contributed by atoms with Crippen LogP contribution in [0.3, 0.4) is 0 Å². The van der Waals surface area contributed by atoms with Gasteiger partial charge in [-0.1, -0.05) is 0 Å². The molecular formula is C11H12N2O6S. The molecule has 20 heavy (non-hydrogen) atoms. The smallest absolute Gasteiger partial charge is 0.335 e. The van der Waals surface area contributed by atoms with E-state index < -0.39 is 33.0 Å². The first-order valence-electron chi connectivity index (χ1n) is 5.34. The molecule has 0 bridgehead atoms. The van der Waals surface area contributed by atoms with Gasteiger partial charge < -0.3 is 10.8 Å². The minimum atomic E-state index is -4.04. The summed E-state index contributed by atoms with van der Waals surface area (Å²) in [5, 5.41) is 8.85. The summed E-state index contributed by atoms with van der Waals surface area (Å²) in [6.07, 6.45) is 0. The molecule has 0 heterocycles. The Bertz CT molecular complexity index is 650. The van der Waals surface area contributed by atoms with Gasteiger partial charge in [0.25, 0.3) is 0 Å². The second kappa shape index (κ2) is 5.70. The van der Waals surface area contributed by atoms with Gasteiger partial charge in [-0.2, -0.15) is 0 Å². The van der Waals surface area contributed by atoms with Crippen molar-refractivity contribution in [3.8, 4) is 0 Å². The molecule has 1 rings (SSSR count). The first-order valence-corrected chi connectivity index (χ1v) is 6.88. The standard InChI is InChI=1S/C11H12N2O6S/c1-6(9(14)13-11(12)17)20(18,19)8-4-2-7(3-5-8)10(15)16/h2-6H,1H3,(H,15,16)(H3,12,13,14,17).